The van der Waals surface area contributed by atoms with E-state index in [1.807, 2.05) is 36.1 Å². The van der Waals surface area contributed by atoms with Gasteiger partial charge in [-0.2, -0.15) is 0 Å². The molecule has 1 saturated heterocycles. The highest BCUT2D eigenvalue weighted by Crippen LogP contribution is 2.24. The molecule has 1 aromatic carbocycles. The molecule has 0 unspecified atom stereocenters. The molecule has 0 N–H and O–H groups in total. The minimum Gasteiger partial charge on any atom is -0.497 e. The highest BCUT2D eigenvalue weighted by Gasteiger charge is 2.25. The number of nitrogens with zero attached hydrogens (tertiary/aromatic N) is 5. The van der Waals surface area contributed by atoms with Gasteiger partial charge in [-0.05, 0) is 47.9 Å². The molecular formula is C16H21N5O2S. The zero-order chi connectivity index (χ0) is 16.9. The number of methoxy groups -OCH3 is 1. The number of aromatic nitrogens is 4. The van der Waals surface area contributed by atoms with Crippen molar-refractivity contribution in [2.45, 2.75) is 36.7 Å². The third-order valence-corrected chi connectivity index (χ3v) is 5.10. The number of carbonyl (C=O) groups excluding carboxylic acids is 1. The average Bonchev–Trinajstić information content (AvgIpc) is 3.27. The molecule has 1 aromatic heterocycles. The lowest BCUT2D eigenvalue weighted by Crippen LogP contribution is -2.34. The molecule has 0 aliphatic carbocycles. The van der Waals surface area contributed by atoms with Crippen LogP contribution >= 0.6 is 11.8 Å². The molecule has 3 rings (SSSR count). The normalized spacial score (nSPS) is 15.5. The Labute approximate surface area is 145 Å². The topological polar surface area (TPSA) is 73.1 Å². The Kier molecular flexibility index (Phi) is 5.34. The van der Waals surface area contributed by atoms with Crippen LogP contribution in [0.15, 0.2) is 29.4 Å². The van der Waals surface area contributed by atoms with Crippen molar-refractivity contribution in [1.82, 2.24) is 25.1 Å². The second-order valence-corrected chi connectivity index (χ2v) is 7.07. The highest BCUT2D eigenvalue weighted by atomic mass is 32.2. The molecule has 2 heterocycles. The van der Waals surface area contributed by atoms with E-state index in [2.05, 4.69) is 15.5 Å². The van der Waals surface area contributed by atoms with Gasteiger partial charge in [-0.25, -0.2) is 4.68 Å². The van der Waals surface area contributed by atoms with E-state index in [0.29, 0.717) is 11.7 Å². The fourth-order valence-electron chi connectivity index (χ4n) is 2.69. The van der Waals surface area contributed by atoms with Gasteiger partial charge in [0, 0.05) is 13.1 Å². The van der Waals surface area contributed by atoms with Gasteiger partial charge in [-0.1, -0.05) is 23.9 Å². The molecule has 0 bridgehead atoms. The van der Waals surface area contributed by atoms with E-state index in [1.54, 1.807) is 11.8 Å². The molecular weight excluding hydrogens is 326 g/mol. The fourth-order valence-corrected chi connectivity index (χ4v) is 3.56. The first-order valence-electron chi connectivity index (χ1n) is 8.02. The monoisotopic (exact) mass is 347 g/mol. The van der Waals surface area contributed by atoms with Gasteiger partial charge in [0.1, 0.15) is 5.75 Å². The number of hydrogen-bond acceptors (Lipinski definition) is 6. The lowest BCUT2D eigenvalue weighted by atomic mass is 10.2. The average molecular weight is 347 g/mol. The summed E-state index contributed by atoms with van der Waals surface area (Å²) in [5, 5.41) is 12.3. The second kappa shape index (κ2) is 7.65. The van der Waals surface area contributed by atoms with Crippen molar-refractivity contribution in [3.05, 3.63) is 29.8 Å². The number of rotatable bonds is 6. The van der Waals surface area contributed by atoms with Gasteiger partial charge in [0.2, 0.25) is 11.1 Å². The summed E-state index contributed by atoms with van der Waals surface area (Å²) in [5.74, 6) is 0.978. The van der Waals surface area contributed by atoms with E-state index in [1.165, 1.54) is 11.8 Å². The Morgan fingerprint density at radius 2 is 2.00 bits per heavy atom. The predicted octanol–water partition coefficient (Wildman–Crippen LogP) is 1.83. The van der Waals surface area contributed by atoms with E-state index in [0.717, 1.165) is 37.2 Å². The molecule has 24 heavy (non-hydrogen) atoms. The zero-order valence-electron chi connectivity index (χ0n) is 13.9. The van der Waals surface area contributed by atoms with Crippen molar-refractivity contribution >= 4 is 17.7 Å². The van der Waals surface area contributed by atoms with Gasteiger partial charge in [0.15, 0.2) is 0 Å². The number of thioether (sulfide) groups is 1. The zero-order valence-corrected chi connectivity index (χ0v) is 14.7. The van der Waals surface area contributed by atoms with Crippen LogP contribution in [0, 0.1) is 0 Å². The summed E-state index contributed by atoms with van der Waals surface area (Å²) in [7, 11) is 1.64. The lowest BCUT2D eigenvalue weighted by Gasteiger charge is -2.19. The lowest BCUT2D eigenvalue weighted by molar-refractivity contribution is -0.129. The van der Waals surface area contributed by atoms with Crippen molar-refractivity contribution in [3.63, 3.8) is 0 Å². The van der Waals surface area contributed by atoms with Crippen LogP contribution in [0.1, 0.15) is 25.3 Å². The van der Waals surface area contributed by atoms with E-state index in [-0.39, 0.29) is 11.2 Å². The molecule has 8 heteroatoms. The Morgan fingerprint density at radius 3 is 2.67 bits per heavy atom. The molecule has 2 aromatic rings. The van der Waals surface area contributed by atoms with Crippen molar-refractivity contribution in [2.24, 2.45) is 0 Å². The summed E-state index contributed by atoms with van der Waals surface area (Å²) in [4.78, 5) is 14.4. The number of hydrogen-bond donors (Lipinski definition) is 0. The quantitative estimate of drug-likeness (QED) is 0.743. The first-order chi connectivity index (χ1) is 11.7. The number of amides is 1. The summed E-state index contributed by atoms with van der Waals surface area (Å²) in [6.07, 6.45) is 2.19. The maximum absolute atomic E-state index is 12.4. The third-order valence-electron chi connectivity index (χ3n) is 4.04. The van der Waals surface area contributed by atoms with Crippen LogP contribution in [0.25, 0.3) is 0 Å². The molecule has 1 aliphatic rings. The molecule has 1 aliphatic heterocycles. The molecule has 0 radical (unpaired) electrons. The summed E-state index contributed by atoms with van der Waals surface area (Å²) in [6.45, 7) is 4.20. The molecule has 1 amide bonds. The van der Waals surface area contributed by atoms with Crippen LogP contribution in [-0.4, -0.2) is 56.5 Å². The van der Waals surface area contributed by atoms with E-state index < -0.39 is 0 Å². The number of likely N-dealkylation sites (tertiary alicyclic amines) is 1. The standard InChI is InChI=1S/C16H21N5O2S/c1-12(15(22)20-9-3-4-10-20)24-16-17-18-19-21(16)11-13-5-7-14(23-2)8-6-13/h5-8,12H,3-4,9-11H2,1-2H3/t12-/m1/s1. The summed E-state index contributed by atoms with van der Waals surface area (Å²) >= 11 is 1.41. The number of benzene rings is 1. The molecule has 0 saturated carbocycles. The van der Waals surface area contributed by atoms with E-state index >= 15 is 0 Å². The Hall–Kier alpha value is -2.09. The van der Waals surface area contributed by atoms with Crippen molar-refractivity contribution in [2.75, 3.05) is 20.2 Å². The first kappa shape index (κ1) is 16.8. The van der Waals surface area contributed by atoms with Crippen LogP contribution in [0.3, 0.4) is 0 Å². The Morgan fingerprint density at radius 1 is 1.29 bits per heavy atom. The van der Waals surface area contributed by atoms with Crippen LogP contribution in [0.4, 0.5) is 0 Å². The molecule has 7 nitrogen and oxygen atoms in total. The van der Waals surface area contributed by atoms with Crippen molar-refractivity contribution < 1.29 is 9.53 Å². The van der Waals surface area contributed by atoms with Gasteiger partial charge >= 0.3 is 0 Å². The molecule has 0 spiro atoms. The Bertz CT molecular complexity index is 682. The van der Waals surface area contributed by atoms with Gasteiger partial charge in [-0.15, -0.1) is 5.10 Å². The smallest absolute Gasteiger partial charge is 0.235 e. The summed E-state index contributed by atoms with van der Waals surface area (Å²) < 4.78 is 6.88. The third kappa shape index (κ3) is 3.87. The van der Waals surface area contributed by atoms with E-state index in [4.69, 9.17) is 4.74 Å². The summed E-state index contributed by atoms with van der Waals surface area (Å²) in [6, 6.07) is 7.78. The molecule has 1 atom stereocenters. The van der Waals surface area contributed by atoms with Gasteiger partial charge in [0.25, 0.3) is 0 Å². The highest BCUT2D eigenvalue weighted by molar-refractivity contribution is 8.00. The molecule has 1 fully saturated rings. The fraction of sp³-hybridized carbons (Fsp3) is 0.500. The number of ether oxygens (including phenoxy) is 1. The van der Waals surface area contributed by atoms with E-state index in [9.17, 15) is 4.79 Å². The number of carbonyl (C=O) groups is 1. The largest absolute Gasteiger partial charge is 0.497 e. The minimum absolute atomic E-state index is 0.163. The molecule has 128 valence electrons. The van der Waals surface area contributed by atoms with Crippen LogP contribution in [0.5, 0.6) is 5.75 Å². The van der Waals surface area contributed by atoms with Crippen molar-refractivity contribution in [3.8, 4) is 5.75 Å². The number of tetrazole rings is 1. The van der Waals surface area contributed by atoms with Crippen molar-refractivity contribution in [1.29, 1.82) is 0 Å². The van der Waals surface area contributed by atoms with Crippen LogP contribution < -0.4 is 4.74 Å². The maximum Gasteiger partial charge on any atom is 0.235 e. The predicted molar refractivity (Wildman–Crippen MR) is 91.0 cm³/mol. The summed E-state index contributed by atoms with van der Waals surface area (Å²) in [5.41, 5.74) is 1.07. The van der Waals surface area contributed by atoms with Gasteiger partial charge < -0.3 is 9.64 Å². The van der Waals surface area contributed by atoms with Gasteiger partial charge in [-0.3, -0.25) is 4.79 Å². The minimum atomic E-state index is -0.191. The van der Waals surface area contributed by atoms with Crippen LogP contribution in [0.2, 0.25) is 0 Å². The SMILES string of the molecule is COc1ccc(Cn2nnnc2S[C@H](C)C(=O)N2CCCC2)cc1. The maximum atomic E-state index is 12.4. The first-order valence-corrected chi connectivity index (χ1v) is 8.90. The van der Waals surface area contributed by atoms with Crippen LogP contribution in [-0.2, 0) is 11.3 Å². The van der Waals surface area contributed by atoms with Gasteiger partial charge in [0.05, 0.1) is 18.9 Å². The second-order valence-electron chi connectivity index (χ2n) is 5.76. The Balaban J connectivity index is 1.64.